The quantitative estimate of drug-likeness (QED) is 0.531. The minimum atomic E-state index is -0.300. The van der Waals surface area contributed by atoms with E-state index in [1.165, 1.54) is 0 Å². The Morgan fingerprint density at radius 1 is 1.00 bits per heavy atom. The molecule has 0 aromatic heterocycles. The number of allylic oxidation sites excluding steroid dienone is 1. The van der Waals surface area contributed by atoms with Gasteiger partial charge in [0, 0.05) is 0 Å². The highest BCUT2D eigenvalue weighted by Gasteiger charge is 2.02. The molecule has 1 amide bonds. The van der Waals surface area contributed by atoms with Gasteiger partial charge in [-0.1, -0.05) is 66.7 Å². The largest absolute Gasteiger partial charge is 0.484 e. The van der Waals surface area contributed by atoms with Crippen LogP contribution in [0.4, 0.5) is 0 Å². The summed E-state index contributed by atoms with van der Waals surface area (Å²) in [4.78, 5) is 11.9. The summed E-state index contributed by atoms with van der Waals surface area (Å²) in [6, 6.07) is 23.7. The second-order valence-corrected chi connectivity index (χ2v) is 5.83. The molecule has 0 unspecified atom stereocenters. The number of fused-ring (bicyclic) bond motifs is 1. The van der Waals surface area contributed by atoms with Crippen molar-refractivity contribution in [3.05, 3.63) is 84.4 Å². The predicted molar refractivity (Wildman–Crippen MR) is 106 cm³/mol. The highest BCUT2D eigenvalue weighted by atomic mass is 16.5. The molecule has 0 aliphatic heterocycles. The van der Waals surface area contributed by atoms with Gasteiger partial charge in [0.05, 0.1) is 5.71 Å². The van der Waals surface area contributed by atoms with Crippen LogP contribution >= 0.6 is 0 Å². The van der Waals surface area contributed by atoms with Crippen molar-refractivity contribution < 1.29 is 9.53 Å². The summed E-state index contributed by atoms with van der Waals surface area (Å²) < 4.78 is 5.54. The van der Waals surface area contributed by atoms with E-state index < -0.39 is 0 Å². The monoisotopic (exact) mass is 344 g/mol. The van der Waals surface area contributed by atoms with Crippen molar-refractivity contribution in [2.45, 2.75) is 6.92 Å². The minimum Gasteiger partial charge on any atom is -0.484 e. The average molecular weight is 344 g/mol. The first kappa shape index (κ1) is 17.4. The summed E-state index contributed by atoms with van der Waals surface area (Å²) in [5, 5.41) is 6.26. The Balaban J connectivity index is 1.50. The zero-order valence-electron chi connectivity index (χ0n) is 14.6. The molecule has 0 bridgehead atoms. The smallest absolute Gasteiger partial charge is 0.277 e. The fraction of sp³-hybridized carbons (Fsp3) is 0.0909. The lowest BCUT2D eigenvalue weighted by Crippen LogP contribution is -2.25. The van der Waals surface area contributed by atoms with Gasteiger partial charge in [-0.3, -0.25) is 4.79 Å². The average Bonchev–Trinajstić information content (AvgIpc) is 2.69. The van der Waals surface area contributed by atoms with Gasteiger partial charge >= 0.3 is 0 Å². The fourth-order valence-electron chi connectivity index (χ4n) is 2.41. The van der Waals surface area contributed by atoms with Crippen molar-refractivity contribution in [1.82, 2.24) is 5.43 Å². The van der Waals surface area contributed by atoms with Crippen molar-refractivity contribution in [3.63, 3.8) is 0 Å². The number of hydrogen-bond acceptors (Lipinski definition) is 3. The van der Waals surface area contributed by atoms with E-state index >= 15 is 0 Å². The number of amides is 1. The maximum atomic E-state index is 11.9. The molecule has 0 saturated carbocycles. The summed E-state index contributed by atoms with van der Waals surface area (Å²) >= 11 is 0. The summed E-state index contributed by atoms with van der Waals surface area (Å²) in [5.74, 6) is 0.356. The summed E-state index contributed by atoms with van der Waals surface area (Å²) in [7, 11) is 0. The molecule has 0 atom stereocenters. The minimum absolute atomic E-state index is 0.0858. The Morgan fingerprint density at radius 3 is 2.54 bits per heavy atom. The van der Waals surface area contributed by atoms with Crippen LogP contribution in [0.15, 0.2) is 84.0 Å². The SMILES string of the molecule is CC(/C=C/c1ccccc1)=N/NC(=O)COc1ccc2ccccc2c1. The number of nitrogens with one attached hydrogen (secondary N) is 1. The second kappa shape index (κ2) is 8.62. The lowest BCUT2D eigenvalue weighted by atomic mass is 10.1. The van der Waals surface area contributed by atoms with E-state index in [9.17, 15) is 4.79 Å². The van der Waals surface area contributed by atoms with Crippen LogP contribution in [0, 0.1) is 0 Å². The molecular weight excluding hydrogens is 324 g/mol. The Kier molecular flexibility index (Phi) is 5.78. The number of rotatable bonds is 6. The predicted octanol–water partition coefficient (Wildman–Crippen LogP) is 4.42. The van der Waals surface area contributed by atoms with E-state index in [1.54, 1.807) is 0 Å². The lowest BCUT2D eigenvalue weighted by molar-refractivity contribution is -0.123. The molecule has 3 rings (SSSR count). The molecule has 0 saturated heterocycles. The first-order valence-corrected chi connectivity index (χ1v) is 8.38. The highest BCUT2D eigenvalue weighted by Crippen LogP contribution is 2.20. The highest BCUT2D eigenvalue weighted by molar-refractivity contribution is 5.97. The van der Waals surface area contributed by atoms with Gasteiger partial charge in [0.2, 0.25) is 0 Å². The Hall–Kier alpha value is -3.40. The first-order valence-electron chi connectivity index (χ1n) is 8.38. The van der Waals surface area contributed by atoms with Gasteiger partial charge in [0.1, 0.15) is 5.75 Å². The van der Waals surface area contributed by atoms with Crippen molar-refractivity contribution in [3.8, 4) is 5.75 Å². The molecule has 26 heavy (non-hydrogen) atoms. The molecular formula is C22H20N2O2. The maximum absolute atomic E-state index is 11.9. The number of carbonyl (C=O) groups excluding carboxylic acids is 1. The van der Waals surface area contributed by atoms with Crippen molar-refractivity contribution in [2.24, 2.45) is 5.10 Å². The van der Waals surface area contributed by atoms with Crippen LogP contribution in [0.25, 0.3) is 16.8 Å². The van der Waals surface area contributed by atoms with Crippen molar-refractivity contribution in [2.75, 3.05) is 6.61 Å². The fourth-order valence-corrected chi connectivity index (χ4v) is 2.41. The molecule has 3 aromatic rings. The molecule has 0 spiro atoms. The molecule has 0 heterocycles. The second-order valence-electron chi connectivity index (χ2n) is 5.83. The van der Waals surface area contributed by atoms with Crippen LogP contribution in [-0.2, 0) is 4.79 Å². The zero-order valence-corrected chi connectivity index (χ0v) is 14.6. The third kappa shape index (κ3) is 5.05. The van der Waals surface area contributed by atoms with Crippen LogP contribution in [-0.4, -0.2) is 18.2 Å². The third-order valence-corrected chi connectivity index (χ3v) is 3.76. The summed E-state index contributed by atoms with van der Waals surface area (Å²) in [6.07, 6.45) is 3.79. The van der Waals surface area contributed by atoms with Crippen LogP contribution in [0.3, 0.4) is 0 Å². The van der Waals surface area contributed by atoms with Gasteiger partial charge in [0.15, 0.2) is 6.61 Å². The van der Waals surface area contributed by atoms with Gasteiger partial charge in [0.25, 0.3) is 5.91 Å². The summed E-state index contributed by atoms with van der Waals surface area (Å²) in [6.45, 7) is 1.74. The van der Waals surface area contributed by atoms with Crippen LogP contribution in [0.2, 0.25) is 0 Å². The van der Waals surface area contributed by atoms with E-state index in [0.29, 0.717) is 11.5 Å². The number of ether oxygens (including phenoxy) is 1. The summed E-state index contributed by atoms with van der Waals surface area (Å²) in [5.41, 5.74) is 4.28. The van der Waals surface area contributed by atoms with E-state index in [1.807, 2.05) is 91.9 Å². The van der Waals surface area contributed by atoms with Crippen LogP contribution < -0.4 is 10.2 Å². The number of benzene rings is 3. The maximum Gasteiger partial charge on any atom is 0.277 e. The Labute approximate surface area is 152 Å². The molecule has 3 aromatic carbocycles. The molecule has 4 heteroatoms. The van der Waals surface area contributed by atoms with E-state index in [0.717, 1.165) is 16.3 Å². The van der Waals surface area contributed by atoms with Crippen molar-refractivity contribution >= 4 is 28.5 Å². The molecule has 4 nitrogen and oxygen atoms in total. The Morgan fingerprint density at radius 2 is 1.73 bits per heavy atom. The molecule has 1 N–H and O–H groups in total. The Bertz CT molecular complexity index is 947. The van der Waals surface area contributed by atoms with Gasteiger partial charge in [-0.05, 0) is 41.5 Å². The first-order chi connectivity index (χ1) is 12.7. The molecule has 0 aliphatic carbocycles. The van der Waals surface area contributed by atoms with Gasteiger partial charge in [-0.25, -0.2) is 5.43 Å². The standard InChI is InChI=1S/C22H20N2O2/c1-17(11-12-18-7-3-2-4-8-18)23-24-22(25)16-26-21-14-13-19-9-5-6-10-20(19)15-21/h2-15H,16H2,1H3,(H,24,25)/b12-11+,23-17-. The lowest BCUT2D eigenvalue weighted by Gasteiger charge is -2.06. The van der Waals surface area contributed by atoms with Crippen LogP contribution in [0.1, 0.15) is 12.5 Å². The van der Waals surface area contributed by atoms with Crippen LogP contribution in [0.5, 0.6) is 5.75 Å². The van der Waals surface area contributed by atoms with E-state index in [2.05, 4.69) is 10.5 Å². The van der Waals surface area contributed by atoms with Crippen molar-refractivity contribution in [1.29, 1.82) is 0 Å². The van der Waals surface area contributed by atoms with E-state index in [-0.39, 0.29) is 12.5 Å². The number of hydrogen-bond donors (Lipinski definition) is 1. The normalized spacial score (nSPS) is 11.7. The van der Waals surface area contributed by atoms with Gasteiger partial charge in [-0.2, -0.15) is 5.10 Å². The van der Waals surface area contributed by atoms with Gasteiger partial charge in [-0.15, -0.1) is 0 Å². The molecule has 0 radical (unpaired) electrons. The molecule has 0 fully saturated rings. The number of nitrogens with zero attached hydrogens (tertiary/aromatic N) is 1. The van der Waals surface area contributed by atoms with E-state index in [4.69, 9.17) is 4.74 Å². The third-order valence-electron chi connectivity index (χ3n) is 3.76. The molecule has 0 aliphatic rings. The molecule has 130 valence electrons. The number of hydrazone groups is 1. The topological polar surface area (TPSA) is 50.7 Å². The number of carbonyl (C=O) groups is 1. The zero-order chi connectivity index (χ0) is 18.2. The van der Waals surface area contributed by atoms with Gasteiger partial charge < -0.3 is 4.74 Å².